The lowest BCUT2D eigenvalue weighted by Crippen LogP contribution is -2.34. The second kappa shape index (κ2) is 9.65. The summed E-state index contributed by atoms with van der Waals surface area (Å²) in [6.45, 7) is 4.29. The molecular weight excluding hydrogens is 429 g/mol. The van der Waals surface area contributed by atoms with Crippen LogP contribution in [0.5, 0.6) is 5.75 Å². The van der Waals surface area contributed by atoms with Gasteiger partial charge in [-0.15, -0.1) is 0 Å². The molecule has 8 heteroatoms. The van der Waals surface area contributed by atoms with Crippen LogP contribution in [-0.2, 0) is 0 Å². The van der Waals surface area contributed by atoms with Gasteiger partial charge in [0.05, 0.1) is 23.4 Å². The monoisotopic (exact) mass is 451 g/mol. The number of carbonyl (C=O) groups is 1. The van der Waals surface area contributed by atoms with Crippen LogP contribution in [0.1, 0.15) is 30.1 Å². The van der Waals surface area contributed by atoms with Gasteiger partial charge in [0.25, 0.3) is 5.91 Å². The molecule has 0 bridgehead atoms. The summed E-state index contributed by atoms with van der Waals surface area (Å²) in [4.78, 5) is 14.8. The molecule has 1 heterocycles. The summed E-state index contributed by atoms with van der Waals surface area (Å²) < 4.78 is 5.21. The molecule has 1 aliphatic rings. The largest absolute Gasteiger partial charge is 0.496 e. The Morgan fingerprint density at radius 3 is 2.55 bits per heavy atom. The van der Waals surface area contributed by atoms with Crippen molar-refractivity contribution in [3.05, 3.63) is 52.0 Å². The average molecular weight is 452 g/mol. The number of hydrogen-bond acceptors (Lipinski definition) is 4. The maximum atomic E-state index is 12.5. The Kier molecular flexibility index (Phi) is 7.22. The molecule has 2 aromatic rings. The summed E-state index contributed by atoms with van der Waals surface area (Å²) in [6, 6.07) is 10.5. The van der Waals surface area contributed by atoms with E-state index in [0.29, 0.717) is 27.0 Å². The molecule has 0 aromatic heterocycles. The van der Waals surface area contributed by atoms with Crippen LogP contribution in [0, 0.1) is 5.92 Å². The van der Waals surface area contributed by atoms with Gasteiger partial charge < -0.3 is 15.0 Å². The van der Waals surface area contributed by atoms with Crippen molar-refractivity contribution in [2.45, 2.75) is 19.8 Å². The highest BCUT2D eigenvalue weighted by Crippen LogP contribution is 2.32. The average Bonchev–Trinajstić information content (AvgIpc) is 2.69. The van der Waals surface area contributed by atoms with Crippen LogP contribution in [-0.4, -0.2) is 31.2 Å². The predicted octanol–water partition coefficient (Wildman–Crippen LogP) is 5.37. The van der Waals surface area contributed by atoms with Crippen LogP contribution in [0.15, 0.2) is 36.4 Å². The number of methoxy groups -OCH3 is 1. The molecule has 0 aliphatic carbocycles. The van der Waals surface area contributed by atoms with Gasteiger partial charge in [0.2, 0.25) is 0 Å². The van der Waals surface area contributed by atoms with Crippen molar-refractivity contribution in [1.29, 1.82) is 0 Å². The van der Waals surface area contributed by atoms with Crippen LogP contribution < -0.4 is 20.3 Å². The van der Waals surface area contributed by atoms with Crippen LogP contribution in [0.3, 0.4) is 0 Å². The number of halogens is 2. The molecule has 0 unspecified atom stereocenters. The zero-order valence-corrected chi connectivity index (χ0v) is 18.6. The molecule has 1 fully saturated rings. The van der Waals surface area contributed by atoms with Crippen molar-refractivity contribution in [3.63, 3.8) is 0 Å². The van der Waals surface area contributed by atoms with E-state index in [1.165, 1.54) is 26.0 Å². The van der Waals surface area contributed by atoms with Crippen molar-refractivity contribution in [3.8, 4) is 5.75 Å². The minimum absolute atomic E-state index is 0.160. The predicted molar refractivity (Wildman–Crippen MR) is 124 cm³/mol. The highest BCUT2D eigenvalue weighted by molar-refractivity contribution is 7.80. The number of carbonyl (C=O) groups excluding carboxylic acids is 1. The standard InChI is InChI=1S/C21H23Cl2N3O2S/c1-13-7-9-26(10-8-13)18-5-4-15(12-17(18)23)24-21(29)25-20(27)16-11-14(22)3-6-19(16)28-2/h3-6,11-13H,7-10H2,1-2H3,(H2,24,25,27,29). The molecule has 1 amide bonds. The zero-order chi connectivity index (χ0) is 21.0. The van der Waals surface area contributed by atoms with Crippen LogP contribution >= 0.6 is 35.4 Å². The van der Waals surface area contributed by atoms with Gasteiger partial charge in [0, 0.05) is 23.8 Å². The van der Waals surface area contributed by atoms with Gasteiger partial charge in [-0.25, -0.2) is 0 Å². The SMILES string of the molecule is COc1ccc(Cl)cc1C(=O)NC(=S)Nc1ccc(N2CCC(C)CC2)c(Cl)c1. The number of amides is 1. The first-order valence-electron chi connectivity index (χ1n) is 9.37. The van der Waals surface area contributed by atoms with Crippen molar-refractivity contribution in [1.82, 2.24) is 5.32 Å². The Labute approximate surface area is 186 Å². The van der Waals surface area contributed by atoms with Gasteiger partial charge >= 0.3 is 0 Å². The number of piperidine rings is 1. The van der Waals surface area contributed by atoms with Gasteiger partial charge in [-0.1, -0.05) is 30.1 Å². The molecule has 0 spiro atoms. The minimum Gasteiger partial charge on any atom is -0.496 e. The Balaban J connectivity index is 1.64. The van der Waals surface area contributed by atoms with Gasteiger partial charge in [0.1, 0.15) is 5.75 Å². The third kappa shape index (κ3) is 5.53. The molecule has 0 atom stereocenters. The summed E-state index contributed by atoms with van der Waals surface area (Å²) >= 11 is 17.8. The Morgan fingerprint density at radius 2 is 1.90 bits per heavy atom. The maximum absolute atomic E-state index is 12.5. The van der Waals surface area contributed by atoms with Crippen molar-refractivity contribution >= 4 is 57.8 Å². The Hall–Kier alpha value is -2.02. The number of anilines is 2. The zero-order valence-electron chi connectivity index (χ0n) is 16.3. The van der Waals surface area contributed by atoms with E-state index in [0.717, 1.165) is 24.7 Å². The van der Waals surface area contributed by atoms with Crippen molar-refractivity contribution in [2.24, 2.45) is 5.92 Å². The lowest BCUT2D eigenvalue weighted by molar-refractivity contribution is 0.0975. The molecule has 0 saturated carbocycles. The van der Waals surface area contributed by atoms with E-state index in [2.05, 4.69) is 22.5 Å². The normalized spacial score (nSPS) is 14.4. The van der Waals surface area contributed by atoms with Gasteiger partial charge in [-0.05, 0) is 67.4 Å². The smallest absolute Gasteiger partial charge is 0.261 e. The number of nitrogens with zero attached hydrogens (tertiary/aromatic N) is 1. The molecular formula is C21H23Cl2N3O2S. The second-order valence-corrected chi connectivity index (χ2v) is 8.34. The van der Waals surface area contributed by atoms with E-state index in [1.807, 2.05) is 18.2 Å². The summed E-state index contributed by atoms with van der Waals surface area (Å²) in [5, 5.41) is 6.88. The van der Waals surface area contributed by atoms with Crippen molar-refractivity contribution < 1.29 is 9.53 Å². The number of rotatable bonds is 4. The number of benzene rings is 2. The van der Waals surface area contributed by atoms with Crippen LogP contribution in [0.2, 0.25) is 10.0 Å². The first kappa shape index (κ1) is 21.7. The highest BCUT2D eigenvalue weighted by Gasteiger charge is 2.19. The van der Waals surface area contributed by atoms with Crippen LogP contribution in [0.25, 0.3) is 0 Å². The van der Waals surface area contributed by atoms with E-state index in [9.17, 15) is 4.79 Å². The fourth-order valence-corrected chi connectivity index (χ4v) is 3.96. The Morgan fingerprint density at radius 1 is 1.17 bits per heavy atom. The van der Waals surface area contributed by atoms with E-state index in [-0.39, 0.29) is 5.11 Å². The summed E-state index contributed by atoms with van der Waals surface area (Å²) in [5.74, 6) is 0.759. The number of thiocarbonyl (C=S) groups is 1. The molecule has 29 heavy (non-hydrogen) atoms. The molecule has 5 nitrogen and oxygen atoms in total. The molecule has 1 aliphatic heterocycles. The molecule has 1 saturated heterocycles. The quantitative estimate of drug-likeness (QED) is 0.612. The molecule has 3 rings (SSSR count). The summed E-state index contributed by atoms with van der Waals surface area (Å²) in [7, 11) is 1.49. The summed E-state index contributed by atoms with van der Waals surface area (Å²) in [5.41, 5.74) is 2.02. The Bertz CT molecular complexity index is 915. The molecule has 2 N–H and O–H groups in total. The van der Waals surface area contributed by atoms with E-state index in [4.69, 9.17) is 40.2 Å². The third-order valence-corrected chi connectivity index (χ3v) is 5.71. The lowest BCUT2D eigenvalue weighted by atomic mass is 9.99. The molecule has 0 radical (unpaired) electrons. The lowest BCUT2D eigenvalue weighted by Gasteiger charge is -2.32. The number of ether oxygens (including phenoxy) is 1. The van der Waals surface area contributed by atoms with Crippen molar-refractivity contribution in [2.75, 3.05) is 30.4 Å². The van der Waals surface area contributed by atoms with Gasteiger partial charge in [-0.3, -0.25) is 10.1 Å². The minimum atomic E-state index is -0.410. The second-order valence-electron chi connectivity index (χ2n) is 7.09. The van der Waals surface area contributed by atoms with E-state index >= 15 is 0 Å². The maximum Gasteiger partial charge on any atom is 0.261 e. The van der Waals surface area contributed by atoms with Gasteiger partial charge in [0.15, 0.2) is 5.11 Å². The molecule has 2 aromatic carbocycles. The fourth-order valence-electron chi connectivity index (χ4n) is 3.28. The van der Waals surface area contributed by atoms with E-state index < -0.39 is 5.91 Å². The third-order valence-electron chi connectivity index (χ3n) is 4.96. The first-order chi connectivity index (χ1) is 13.9. The summed E-state index contributed by atoms with van der Waals surface area (Å²) in [6.07, 6.45) is 2.33. The topological polar surface area (TPSA) is 53.6 Å². The number of hydrogen-bond donors (Lipinski definition) is 2. The first-order valence-corrected chi connectivity index (χ1v) is 10.5. The van der Waals surface area contributed by atoms with Gasteiger partial charge in [-0.2, -0.15) is 0 Å². The highest BCUT2D eigenvalue weighted by atomic mass is 35.5. The fraction of sp³-hybridized carbons (Fsp3) is 0.333. The number of nitrogens with one attached hydrogen (secondary N) is 2. The van der Waals surface area contributed by atoms with E-state index in [1.54, 1.807) is 12.1 Å². The molecule has 154 valence electrons. The van der Waals surface area contributed by atoms with Crippen LogP contribution in [0.4, 0.5) is 11.4 Å².